The van der Waals surface area contributed by atoms with E-state index in [0.717, 1.165) is 22.3 Å². The number of rotatable bonds is 4. The van der Waals surface area contributed by atoms with Crippen molar-refractivity contribution in [3.8, 4) is 16.9 Å². The molecule has 2 unspecified atom stereocenters. The molecule has 1 N–H and O–H groups in total. The minimum absolute atomic E-state index is 0.104. The van der Waals surface area contributed by atoms with Gasteiger partial charge in [0.2, 0.25) is 0 Å². The van der Waals surface area contributed by atoms with E-state index in [-0.39, 0.29) is 11.8 Å². The summed E-state index contributed by atoms with van der Waals surface area (Å²) in [5.41, 5.74) is 3.76. The summed E-state index contributed by atoms with van der Waals surface area (Å²) in [5.74, 6) is -0.196. The summed E-state index contributed by atoms with van der Waals surface area (Å²) in [6.07, 6.45) is 1.27. The number of benzene rings is 3. The number of halogens is 1. The van der Waals surface area contributed by atoms with Crippen molar-refractivity contribution in [2.75, 3.05) is 24.4 Å². The van der Waals surface area contributed by atoms with Crippen LogP contribution in [0.3, 0.4) is 0 Å². The first kappa shape index (κ1) is 24.7. The highest BCUT2D eigenvalue weighted by Crippen LogP contribution is 2.44. The largest absolute Gasteiger partial charge is 0.507 e. The lowest BCUT2D eigenvalue weighted by Gasteiger charge is -2.47. The number of phenols is 1. The average molecular weight is 510 g/mol. The van der Waals surface area contributed by atoms with Gasteiger partial charge in [-0.25, -0.2) is 4.39 Å². The molecule has 0 saturated carbocycles. The molecule has 0 aromatic heterocycles. The second kappa shape index (κ2) is 9.18. The quantitative estimate of drug-likeness (QED) is 0.542. The van der Waals surface area contributed by atoms with E-state index in [1.165, 1.54) is 20.7 Å². The van der Waals surface area contributed by atoms with Crippen molar-refractivity contribution in [2.24, 2.45) is 0 Å². The Morgan fingerprint density at radius 1 is 1.06 bits per heavy atom. The summed E-state index contributed by atoms with van der Waals surface area (Å²) in [4.78, 5) is 2.36. The van der Waals surface area contributed by atoms with Crippen LogP contribution in [0.4, 0.5) is 10.1 Å². The fraction of sp³-hybridized carbons (Fsp3) is 0.357. The molecular formula is C28H32FN3O3S. The molecule has 8 heteroatoms. The monoisotopic (exact) mass is 509 g/mol. The lowest BCUT2D eigenvalue weighted by molar-refractivity contribution is 0.100. The number of hydrogen-bond acceptors (Lipinski definition) is 4. The van der Waals surface area contributed by atoms with Crippen LogP contribution in [0.25, 0.3) is 11.1 Å². The molecule has 2 aliphatic rings. The van der Waals surface area contributed by atoms with E-state index in [2.05, 4.69) is 11.8 Å². The molecule has 3 aromatic carbocycles. The second-order valence-corrected chi connectivity index (χ2v) is 12.1. The molecule has 36 heavy (non-hydrogen) atoms. The Morgan fingerprint density at radius 2 is 1.83 bits per heavy atom. The van der Waals surface area contributed by atoms with Crippen LogP contribution >= 0.6 is 0 Å². The topological polar surface area (TPSA) is 64.1 Å². The minimum atomic E-state index is -3.73. The van der Waals surface area contributed by atoms with E-state index < -0.39 is 21.6 Å². The van der Waals surface area contributed by atoms with Gasteiger partial charge in [-0.3, -0.25) is 9.21 Å². The number of aryl methyl sites for hydroxylation is 1. The van der Waals surface area contributed by atoms with E-state index in [4.69, 9.17) is 0 Å². The standard InChI is InChI=1S/C28H32FN3O3S/c1-20-7-4-5-10-25(20)26-15-22(11-12-27(26)33)18-31-14-13-28(17-21(31)2)19-30(3)36(34,35)32(28)24-9-6-8-23(29)16-24/h4-12,15-16,21,33H,13-14,17-19H2,1-3H3. The molecular weight excluding hydrogens is 477 g/mol. The zero-order valence-corrected chi connectivity index (χ0v) is 21.7. The van der Waals surface area contributed by atoms with Crippen LogP contribution in [0.1, 0.15) is 30.9 Å². The zero-order chi connectivity index (χ0) is 25.7. The van der Waals surface area contributed by atoms with E-state index in [9.17, 15) is 17.9 Å². The second-order valence-electron chi connectivity index (χ2n) is 10.2. The fourth-order valence-corrected chi connectivity index (χ4v) is 7.65. The normalized spacial score (nSPS) is 24.4. The third-order valence-electron chi connectivity index (χ3n) is 7.66. The van der Waals surface area contributed by atoms with E-state index in [0.29, 0.717) is 38.2 Å². The number of phenolic OH excluding ortho intramolecular Hbond substituents is 1. The molecule has 2 atom stereocenters. The third-order valence-corrected chi connectivity index (χ3v) is 9.64. The van der Waals surface area contributed by atoms with Gasteiger partial charge in [0.15, 0.2) is 0 Å². The average Bonchev–Trinajstić information content (AvgIpc) is 3.01. The molecule has 2 aliphatic heterocycles. The number of aromatic hydroxyl groups is 1. The van der Waals surface area contributed by atoms with Crippen LogP contribution < -0.4 is 4.31 Å². The van der Waals surface area contributed by atoms with Gasteiger partial charge in [0.05, 0.1) is 11.2 Å². The number of piperidine rings is 1. The molecule has 5 rings (SSSR count). The van der Waals surface area contributed by atoms with Gasteiger partial charge in [-0.2, -0.15) is 12.7 Å². The number of nitrogens with zero attached hydrogens (tertiary/aromatic N) is 3. The lowest BCUT2D eigenvalue weighted by Crippen LogP contribution is -2.57. The molecule has 0 bridgehead atoms. The van der Waals surface area contributed by atoms with Crippen molar-refractivity contribution in [1.82, 2.24) is 9.21 Å². The van der Waals surface area contributed by atoms with Gasteiger partial charge >= 0.3 is 10.2 Å². The molecule has 2 fully saturated rings. The number of likely N-dealkylation sites (tertiary alicyclic amines) is 1. The first-order chi connectivity index (χ1) is 17.1. The maximum absolute atomic E-state index is 14.1. The van der Waals surface area contributed by atoms with Gasteiger partial charge < -0.3 is 5.11 Å². The van der Waals surface area contributed by atoms with Crippen LogP contribution in [-0.4, -0.2) is 54.4 Å². The van der Waals surface area contributed by atoms with Crippen LogP contribution in [0, 0.1) is 12.7 Å². The molecule has 0 amide bonds. The summed E-state index contributed by atoms with van der Waals surface area (Å²) in [6, 6.07) is 19.7. The summed E-state index contributed by atoms with van der Waals surface area (Å²) < 4.78 is 43.5. The molecule has 0 radical (unpaired) electrons. The third kappa shape index (κ3) is 4.27. The molecule has 2 heterocycles. The number of likely N-dealkylation sites (N-methyl/N-ethyl adjacent to an activating group) is 1. The van der Waals surface area contributed by atoms with Crippen LogP contribution in [0.2, 0.25) is 0 Å². The number of anilines is 1. The van der Waals surface area contributed by atoms with Gasteiger partial charge in [-0.1, -0.05) is 36.4 Å². The Balaban J connectivity index is 1.40. The van der Waals surface area contributed by atoms with E-state index in [1.807, 2.05) is 43.3 Å². The summed E-state index contributed by atoms with van der Waals surface area (Å²) in [7, 11) is -2.14. The predicted octanol–water partition coefficient (Wildman–Crippen LogP) is 4.93. The predicted molar refractivity (Wildman–Crippen MR) is 141 cm³/mol. The van der Waals surface area contributed by atoms with Crippen molar-refractivity contribution in [2.45, 2.75) is 44.8 Å². The van der Waals surface area contributed by atoms with Crippen molar-refractivity contribution >= 4 is 15.9 Å². The van der Waals surface area contributed by atoms with Crippen LogP contribution in [-0.2, 0) is 16.8 Å². The highest BCUT2D eigenvalue weighted by Gasteiger charge is 2.55. The van der Waals surface area contributed by atoms with Gasteiger partial charge in [-0.05, 0) is 73.7 Å². The molecule has 3 aromatic rings. The van der Waals surface area contributed by atoms with E-state index in [1.54, 1.807) is 25.2 Å². The summed E-state index contributed by atoms with van der Waals surface area (Å²) >= 11 is 0. The first-order valence-electron chi connectivity index (χ1n) is 12.2. The van der Waals surface area contributed by atoms with Gasteiger partial charge in [0.25, 0.3) is 0 Å². The molecule has 2 saturated heterocycles. The molecule has 0 aliphatic carbocycles. The Bertz CT molecular complexity index is 1400. The van der Waals surface area contributed by atoms with Crippen molar-refractivity contribution in [1.29, 1.82) is 0 Å². The van der Waals surface area contributed by atoms with Crippen molar-refractivity contribution in [3.63, 3.8) is 0 Å². The van der Waals surface area contributed by atoms with E-state index >= 15 is 0 Å². The first-order valence-corrected chi connectivity index (χ1v) is 13.6. The van der Waals surface area contributed by atoms with Crippen molar-refractivity contribution in [3.05, 3.63) is 83.7 Å². The van der Waals surface area contributed by atoms with Gasteiger partial charge in [-0.15, -0.1) is 0 Å². The van der Waals surface area contributed by atoms with Crippen LogP contribution in [0.5, 0.6) is 5.75 Å². The maximum atomic E-state index is 14.1. The number of hydrogen-bond donors (Lipinski definition) is 1. The highest BCUT2D eigenvalue weighted by molar-refractivity contribution is 7.90. The smallest absolute Gasteiger partial charge is 0.304 e. The molecule has 190 valence electrons. The Kier molecular flexibility index (Phi) is 6.31. The van der Waals surface area contributed by atoms with Crippen molar-refractivity contribution < 1.29 is 17.9 Å². The minimum Gasteiger partial charge on any atom is -0.507 e. The zero-order valence-electron chi connectivity index (χ0n) is 20.9. The van der Waals surface area contributed by atoms with Gasteiger partial charge in [0, 0.05) is 38.3 Å². The lowest BCUT2D eigenvalue weighted by atomic mass is 9.82. The Morgan fingerprint density at radius 3 is 2.56 bits per heavy atom. The SMILES string of the molecule is Cc1ccccc1-c1cc(CN2CCC3(CC2C)CN(C)S(=O)(=O)N3c2cccc(F)c2)ccc1O. The fourth-order valence-electron chi connectivity index (χ4n) is 5.88. The summed E-state index contributed by atoms with van der Waals surface area (Å²) in [6.45, 7) is 5.93. The highest BCUT2D eigenvalue weighted by atomic mass is 32.2. The Hall–Kier alpha value is -2.94. The molecule has 6 nitrogen and oxygen atoms in total. The maximum Gasteiger partial charge on any atom is 0.304 e. The molecule has 1 spiro atoms. The summed E-state index contributed by atoms with van der Waals surface area (Å²) in [5, 5.41) is 10.5. The Labute approximate surface area is 212 Å². The van der Waals surface area contributed by atoms with Gasteiger partial charge in [0.1, 0.15) is 11.6 Å². The van der Waals surface area contributed by atoms with Crippen LogP contribution in [0.15, 0.2) is 66.7 Å².